The van der Waals surface area contributed by atoms with Gasteiger partial charge in [-0.25, -0.2) is 8.78 Å². The summed E-state index contributed by atoms with van der Waals surface area (Å²) >= 11 is 1.63. The van der Waals surface area contributed by atoms with Gasteiger partial charge in [-0.15, -0.1) is 11.3 Å². The highest BCUT2D eigenvalue weighted by atomic mass is 32.1. The van der Waals surface area contributed by atoms with Gasteiger partial charge in [0.05, 0.1) is 18.8 Å². The summed E-state index contributed by atoms with van der Waals surface area (Å²) in [6.45, 7) is 0.482. The summed E-state index contributed by atoms with van der Waals surface area (Å²) in [6.07, 6.45) is 2.19. The number of ether oxygens (including phenoxy) is 1. The number of rotatable bonds is 8. The first-order chi connectivity index (χ1) is 18.0. The predicted molar refractivity (Wildman–Crippen MR) is 134 cm³/mol. The minimum Gasteiger partial charge on any atom is -0.491 e. The summed E-state index contributed by atoms with van der Waals surface area (Å²) in [5.74, 6) is -0.629. The Morgan fingerprint density at radius 2 is 1.89 bits per heavy atom. The van der Waals surface area contributed by atoms with Crippen LogP contribution < -0.4 is 4.74 Å². The van der Waals surface area contributed by atoms with Crippen molar-refractivity contribution in [3.8, 4) is 5.75 Å². The Hall–Kier alpha value is -3.98. The van der Waals surface area contributed by atoms with E-state index in [2.05, 4.69) is 0 Å². The zero-order valence-electron chi connectivity index (χ0n) is 19.8. The number of nitrogens with zero attached hydrogens (tertiary/aromatic N) is 2. The molecule has 2 aromatic heterocycles. The van der Waals surface area contributed by atoms with Crippen molar-refractivity contribution in [1.82, 2.24) is 9.80 Å². The SMILES string of the molecule is O=C(c1ccc(F)cc1)N(CC(=O)N1CCc2sccc2[C@@H]1COc1cccc(F)c1)Cc1ccco1. The first-order valence-electron chi connectivity index (χ1n) is 11.8. The largest absolute Gasteiger partial charge is 0.491 e. The number of hydrogen-bond donors (Lipinski definition) is 0. The van der Waals surface area contributed by atoms with Crippen LogP contribution in [0.3, 0.4) is 0 Å². The third-order valence-electron chi connectivity index (χ3n) is 6.25. The maximum absolute atomic E-state index is 13.7. The molecule has 5 rings (SSSR count). The summed E-state index contributed by atoms with van der Waals surface area (Å²) in [4.78, 5) is 31.3. The molecule has 37 heavy (non-hydrogen) atoms. The van der Waals surface area contributed by atoms with Gasteiger partial charge in [-0.3, -0.25) is 9.59 Å². The molecule has 0 saturated heterocycles. The molecule has 0 radical (unpaired) electrons. The van der Waals surface area contributed by atoms with Gasteiger partial charge < -0.3 is 19.0 Å². The van der Waals surface area contributed by atoms with E-state index in [1.54, 1.807) is 40.5 Å². The molecule has 1 aliphatic rings. The van der Waals surface area contributed by atoms with Crippen LogP contribution in [-0.4, -0.2) is 41.3 Å². The Balaban J connectivity index is 1.37. The van der Waals surface area contributed by atoms with Crippen LogP contribution in [0.1, 0.15) is 32.6 Å². The lowest BCUT2D eigenvalue weighted by atomic mass is 10.0. The fourth-order valence-electron chi connectivity index (χ4n) is 4.43. The lowest BCUT2D eigenvalue weighted by Gasteiger charge is -2.37. The van der Waals surface area contributed by atoms with Crippen LogP contribution in [0.4, 0.5) is 8.78 Å². The number of fused-ring (bicyclic) bond motifs is 1. The van der Waals surface area contributed by atoms with E-state index >= 15 is 0 Å². The Kier molecular flexibility index (Phi) is 7.32. The maximum Gasteiger partial charge on any atom is 0.254 e. The molecule has 0 fully saturated rings. The second kappa shape index (κ2) is 11.0. The number of amides is 2. The Morgan fingerprint density at radius 1 is 1.05 bits per heavy atom. The highest BCUT2D eigenvalue weighted by Gasteiger charge is 2.34. The topological polar surface area (TPSA) is 63.0 Å². The molecule has 190 valence electrons. The molecule has 2 aromatic carbocycles. The Bertz CT molecular complexity index is 1370. The van der Waals surface area contributed by atoms with Crippen molar-refractivity contribution in [2.75, 3.05) is 19.7 Å². The molecule has 9 heteroatoms. The molecule has 1 aliphatic heterocycles. The van der Waals surface area contributed by atoms with Gasteiger partial charge in [0.15, 0.2) is 0 Å². The first kappa shape index (κ1) is 24.7. The van der Waals surface area contributed by atoms with E-state index in [1.165, 1.54) is 52.4 Å². The van der Waals surface area contributed by atoms with Gasteiger partial charge in [-0.2, -0.15) is 0 Å². The molecule has 2 amide bonds. The normalized spacial score (nSPS) is 14.8. The van der Waals surface area contributed by atoms with E-state index in [4.69, 9.17) is 9.15 Å². The van der Waals surface area contributed by atoms with Gasteiger partial charge in [-0.1, -0.05) is 6.07 Å². The number of hydrogen-bond acceptors (Lipinski definition) is 5. The van der Waals surface area contributed by atoms with Crippen LogP contribution in [0, 0.1) is 11.6 Å². The van der Waals surface area contributed by atoms with Gasteiger partial charge in [0.1, 0.15) is 36.3 Å². The molecular weight excluding hydrogens is 498 g/mol. The lowest BCUT2D eigenvalue weighted by Crippen LogP contribution is -2.47. The fraction of sp³-hybridized carbons (Fsp3) is 0.214. The van der Waals surface area contributed by atoms with Crippen molar-refractivity contribution in [2.24, 2.45) is 0 Å². The Morgan fingerprint density at radius 3 is 2.65 bits per heavy atom. The van der Waals surface area contributed by atoms with Gasteiger partial charge in [-0.05, 0) is 72.0 Å². The maximum atomic E-state index is 13.7. The van der Waals surface area contributed by atoms with Crippen LogP contribution in [0.25, 0.3) is 0 Å². The molecule has 0 unspecified atom stereocenters. The molecule has 0 saturated carbocycles. The monoisotopic (exact) mass is 522 g/mol. The van der Waals surface area contributed by atoms with Crippen LogP contribution >= 0.6 is 11.3 Å². The second-order valence-electron chi connectivity index (χ2n) is 8.67. The number of halogens is 2. The quantitative estimate of drug-likeness (QED) is 0.308. The van der Waals surface area contributed by atoms with Crippen LogP contribution in [0.2, 0.25) is 0 Å². The highest BCUT2D eigenvalue weighted by molar-refractivity contribution is 7.10. The molecular formula is C28H24F2N2O4S. The minimum absolute atomic E-state index is 0.0803. The molecule has 0 N–H and O–H groups in total. The molecule has 0 aliphatic carbocycles. The average Bonchev–Trinajstić information content (AvgIpc) is 3.59. The summed E-state index contributed by atoms with van der Waals surface area (Å²) < 4.78 is 38.4. The van der Waals surface area contributed by atoms with Gasteiger partial charge >= 0.3 is 0 Å². The van der Waals surface area contributed by atoms with E-state index in [-0.39, 0.29) is 31.2 Å². The van der Waals surface area contributed by atoms with Crippen molar-refractivity contribution in [3.05, 3.63) is 112 Å². The van der Waals surface area contributed by atoms with Crippen LogP contribution in [-0.2, 0) is 17.8 Å². The standard InChI is InChI=1S/C28H24F2N2O4S/c29-20-8-6-19(7-9-20)28(34)31(16-23-5-2-13-35-23)17-27(33)32-12-10-26-24(11-14-37-26)25(32)18-36-22-4-1-3-21(30)15-22/h1-9,11,13-15,25H,10,12,16-18H2/t25-/m0/s1. The van der Waals surface area contributed by atoms with E-state index in [0.717, 1.165) is 5.56 Å². The molecule has 0 bridgehead atoms. The number of benzene rings is 2. The number of carbonyl (C=O) groups is 2. The van der Waals surface area contributed by atoms with Crippen molar-refractivity contribution in [2.45, 2.75) is 19.0 Å². The Labute approximate surface area is 216 Å². The van der Waals surface area contributed by atoms with E-state index in [9.17, 15) is 18.4 Å². The molecule has 0 spiro atoms. The molecule has 4 aromatic rings. The van der Waals surface area contributed by atoms with Gasteiger partial charge in [0, 0.05) is 23.1 Å². The predicted octanol–water partition coefficient (Wildman–Crippen LogP) is 5.47. The third-order valence-corrected chi connectivity index (χ3v) is 7.25. The summed E-state index contributed by atoms with van der Waals surface area (Å²) in [7, 11) is 0. The lowest BCUT2D eigenvalue weighted by molar-refractivity contribution is -0.135. The number of thiophene rings is 1. The second-order valence-corrected chi connectivity index (χ2v) is 9.67. The first-order valence-corrected chi connectivity index (χ1v) is 12.7. The smallest absolute Gasteiger partial charge is 0.254 e. The van der Waals surface area contributed by atoms with Gasteiger partial charge in [0.25, 0.3) is 5.91 Å². The summed E-state index contributed by atoms with van der Waals surface area (Å²) in [5, 5.41) is 1.98. The van der Waals surface area contributed by atoms with E-state index < -0.39 is 23.6 Å². The minimum atomic E-state index is -0.453. The zero-order valence-corrected chi connectivity index (χ0v) is 20.6. The zero-order chi connectivity index (χ0) is 25.8. The molecule has 1 atom stereocenters. The van der Waals surface area contributed by atoms with E-state index in [0.29, 0.717) is 24.5 Å². The average molecular weight is 523 g/mol. The summed E-state index contributed by atoms with van der Waals surface area (Å²) in [5.41, 5.74) is 1.26. The van der Waals surface area contributed by atoms with E-state index in [1.807, 2.05) is 11.4 Å². The number of carbonyl (C=O) groups excluding carboxylic acids is 2. The highest BCUT2D eigenvalue weighted by Crippen LogP contribution is 2.34. The van der Waals surface area contributed by atoms with Crippen molar-refractivity contribution >= 4 is 23.2 Å². The molecule has 3 heterocycles. The summed E-state index contributed by atoms with van der Waals surface area (Å²) in [6, 6.07) is 16.1. The van der Waals surface area contributed by atoms with Crippen LogP contribution in [0.15, 0.2) is 82.8 Å². The third kappa shape index (κ3) is 5.72. The van der Waals surface area contributed by atoms with Crippen LogP contribution in [0.5, 0.6) is 5.75 Å². The van der Waals surface area contributed by atoms with Crippen molar-refractivity contribution < 1.29 is 27.5 Å². The number of furan rings is 1. The van der Waals surface area contributed by atoms with Crippen molar-refractivity contribution in [1.29, 1.82) is 0 Å². The fourth-order valence-corrected chi connectivity index (χ4v) is 5.35. The van der Waals surface area contributed by atoms with Crippen molar-refractivity contribution in [3.63, 3.8) is 0 Å². The van der Waals surface area contributed by atoms with Gasteiger partial charge in [0.2, 0.25) is 5.91 Å². The molecule has 6 nitrogen and oxygen atoms in total.